The molecule has 2 rings (SSSR count). The normalized spacial score (nSPS) is 20.5. The highest BCUT2D eigenvalue weighted by Gasteiger charge is 2.21. The van der Waals surface area contributed by atoms with Crippen molar-refractivity contribution >= 4 is 5.91 Å². The number of hydrogen-bond acceptors (Lipinski definition) is 3. The average molecular weight is 208 g/mol. The molecule has 82 valence electrons. The maximum atomic E-state index is 11.7. The number of nitrogens with one attached hydrogen (secondary N) is 2. The van der Waals surface area contributed by atoms with Crippen molar-refractivity contribution in [2.75, 3.05) is 13.1 Å². The molecule has 0 spiro atoms. The molecule has 1 unspecified atom stereocenters. The molecule has 0 aliphatic carbocycles. The maximum Gasteiger partial charge on any atom is 0.224 e. The predicted octanol–water partition coefficient (Wildman–Crippen LogP) is -0.354. The molecule has 5 nitrogen and oxygen atoms in total. The van der Waals surface area contributed by atoms with E-state index in [0.29, 0.717) is 6.54 Å². The van der Waals surface area contributed by atoms with E-state index in [2.05, 4.69) is 15.7 Å². The number of aromatic nitrogens is 2. The first-order valence-electron chi connectivity index (χ1n) is 5.22. The van der Waals surface area contributed by atoms with Crippen molar-refractivity contribution in [3.8, 4) is 0 Å². The highest BCUT2D eigenvalue weighted by molar-refractivity contribution is 5.79. The van der Waals surface area contributed by atoms with Crippen molar-refractivity contribution in [1.29, 1.82) is 0 Å². The van der Waals surface area contributed by atoms with Gasteiger partial charge in [0.25, 0.3) is 0 Å². The molecule has 1 aromatic rings. The van der Waals surface area contributed by atoms with Crippen molar-refractivity contribution in [2.45, 2.75) is 13.0 Å². The van der Waals surface area contributed by atoms with E-state index in [1.54, 1.807) is 10.9 Å². The Labute approximate surface area is 88.8 Å². The minimum atomic E-state index is 0.137. The second-order valence-corrected chi connectivity index (χ2v) is 3.85. The number of carbonyl (C=O) groups excluding carboxylic acids is 1. The van der Waals surface area contributed by atoms with Gasteiger partial charge in [0.05, 0.1) is 18.2 Å². The highest BCUT2D eigenvalue weighted by Crippen LogP contribution is 2.07. The smallest absolute Gasteiger partial charge is 0.224 e. The topological polar surface area (TPSA) is 59.0 Å². The fourth-order valence-corrected chi connectivity index (χ4v) is 1.78. The molecule has 2 N–H and O–H groups in total. The highest BCUT2D eigenvalue weighted by atomic mass is 16.1. The van der Waals surface area contributed by atoms with Crippen LogP contribution in [0.1, 0.15) is 12.1 Å². The Balaban J connectivity index is 1.83. The van der Waals surface area contributed by atoms with Gasteiger partial charge in [-0.25, -0.2) is 0 Å². The van der Waals surface area contributed by atoms with Crippen molar-refractivity contribution in [2.24, 2.45) is 13.0 Å². The standard InChI is InChI=1S/C10H16N4O/c1-14-9(3-5-13-14)7-12-10(15)8-2-4-11-6-8/h3,5,8,11H,2,4,6-7H2,1H3,(H,12,15). The predicted molar refractivity (Wildman–Crippen MR) is 56.0 cm³/mol. The Bertz CT molecular complexity index is 341. The Morgan fingerprint density at radius 2 is 2.67 bits per heavy atom. The molecule has 15 heavy (non-hydrogen) atoms. The van der Waals surface area contributed by atoms with E-state index in [1.165, 1.54) is 0 Å². The summed E-state index contributed by atoms with van der Waals surface area (Å²) >= 11 is 0. The Morgan fingerprint density at radius 3 is 3.27 bits per heavy atom. The van der Waals surface area contributed by atoms with Crippen LogP contribution in [0.15, 0.2) is 12.3 Å². The number of rotatable bonds is 3. The van der Waals surface area contributed by atoms with Crippen LogP contribution in [0.4, 0.5) is 0 Å². The molecular formula is C10H16N4O. The molecule has 1 saturated heterocycles. The Morgan fingerprint density at radius 1 is 1.80 bits per heavy atom. The lowest BCUT2D eigenvalue weighted by Gasteiger charge is -2.09. The third kappa shape index (κ3) is 2.36. The first-order chi connectivity index (χ1) is 7.27. The minimum Gasteiger partial charge on any atom is -0.350 e. The first kappa shape index (κ1) is 10.2. The summed E-state index contributed by atoms with van der Waals surface area (Å²) in [4.78, 5) is 11.7. The number of hydrogen-bond donors (Lipinski definition) is 2. The zero-order valence-electron chi connectivity index (χ0n) is 8.86. The molecule has 1 aliphatic heterocycles. The zero-order valence-corrected chi connectivity index (χ0v) is 8.86. The van der Waals surface area contributed by atoms with Crippen LogP contribution >= 0.6 is 0 Å². The largest absolute Gasteiger partial charge is 0.350 e. The van der Waals surface area contributed by atoms with Gasteiger partial charge in [0.2, 0.25) is 5.91 Å². The van der Waals surface area contributed by atoms with Crippen LogP contribution < -0.4 is 10.6 Å². The second kappa shape index (κ2) is 4.44. The van der Waals surface area contributed by atoms with Crippen LogP contribution in [0.5, 0.6) is 0 Å². The molecule has 0 saturated carbocycles. The van der Waals surface area contributed by atoms with E-state index < -0.39 is 0 Å². The number of amides is 1. The third-order valence-electron chi connectivity index (χ3n) is 2.80. The molecule has 1 aromatic heterocycles. The van der Waals surface area contributed by atoms with Gasteiger partial charge in [-0.2, -0.15) is 5.10 Å². The lowest BCUT2D eigenvalue weighted by atomic mass is 10.1. The van der Waals surface area contributed by atoms with E-state index >= 15 is 0 Å². The quantitative estimate of drug-likeness (QED) is 0.713. The fraction of sp³-hybridized carbons (Fsp3) is 0.600. The third-order valence-corrected chi connectivity index (χ3v) is 2.80. The monoisotopic (exact) mass is 208 g/mol. The Kier molecular flexibility index (Phi) is 3.01. The molecule has 0 aromatic carbocycles. The molecule has 5 heteroatoms. The van der Waals surface area contributed by atoms with Crippen molar-refractivity contribution in [1.82, 2.24) is 20.4 Å². The van der Waals surface area contributed by atoms with Crippen LogP contribution in [-0.4, -0.2) is 28.8 Å². The van der Waals surface area contributed by atoms with Crippen LogP contribution in [-0.2, 0) is 18.4 Å². The fourth-order valence-electron chi connectivity index (χ4n) is 1.78. The van der Waals surface area contributed by atoms with Gasteiger partial charge in [-0.1, -0.05) is 0 Å². The molecular weight excluding hydrogens is 192 g/mol. The summed E-state index contributed by atoms with van der Waals surface area (Å²) in [6.45, 7) is 2.31. The number of carbonyl (C=O) groups is 1. The zero-order chi connectivity index (χ0) is 10.7. The van der Waals surface area contributed by atoms with E-state index in [4.69, 9.17) is 0 Å². The van der Waals surface area contributed by atoms with Crippen LogP contribution in [0.25, 0.3) is 0 Å². The van der Waals surface area contributed by atoms with E-state index in [9.17, 15) is 4.79 Å². The summed E-state index contributed by atoms with van der Waals surface area (Å²) in [5.41, 5.74) is 1.02. The molecule has 1 aliphatic rings. The molecule has 1 fully saturated rings. The van der Waals surface area contributed by atoms with Crippen LogP contribution in [0, 0.1) is 5.92 Å². The summed E-state index contributed by atoms with van der Waals surface area (Å²) in [5.74, 6) is 0.277. The van der Waals surface area contributed by atoms with Crippen molar-refractivity contribution in [3.05, 3.63) is 18.0 Å². The molecule has 1 amide bonds. The van der Waals surface area contributed by atoms with Gasteiger partial charge in [0.1, 0.15) is 0 Å². The summed E-state index contributed by atoms with van der Waals surface area (Å²) in [6, 6.07) is 1.91. The maximum absolute atomic E-state index is 11.7. The number of nitrogens with zero attached hydrogens (tertiary/aromatic N) is 2. The SMILES string of the molecule is Cn1nccc1CNC(=O)C1CCNC1. The number of aryl methyl sites for hydroxylation is 1. The molecule has 0 bridgehead atoms. The summed E-state index contributed by atoms with van der Waals surface area (Å²) in [7, 11) is 1.87. The lowest BCUT2D eigenvalue weighted by Crippen LogP contribution is -2.32. The van der Waals surface area contributed by atoms with Crippen LogP contribution in [0.3, 0.4) is 0 Å². The minimum absolute atomic E-state index is 0.137. The van der Waals surface area contributed by atoms with Gasteiger partial charge in [0, 0.05) is 19.8 Å². The van der Waals surface area contributed by atoms with Gasteiger partial charge >= 0.3 is 0 Å². The second-order valence-electron chi connectivity index (χ2n) is 3.85. The summed E-state index contributed by atoms with van der Waals surface area (Å²) in [5, 5.41) is 10.2. The van der Waals surface area contributed by atoms with Gasteiger partial charge < -0.3 is 10.6 Å². The molecule has 2 heterocycles. The van der Waals surface area contributed by atoms with Crippen molar-refractivity contribution in [3.63, 3.8) is 0 Å². The van der Waals surface area contributed by atoms with Crippen molar-refractivity contribution < 1.29 is 4.79 Å². The molecule has 0 radical (unpaired) electrons. The molecule has 1 atom stereocenters. The summed E-state index contributed by atoms with van der Waals surface area (Å²) in [6.07, 6.45) is 2.68. The first-order valence-corrected chi connectivity index (χ1v) is 5.22. The average Bonchev–Trinajstić information content (AvgIpc) is 2.85. The van der Waals surface area contributed by atoms with E-state index in [0.717, 1.165) is 25.2 Å². The van der Waals surface area contributed by atoms with E-state index in [-0.39, 0.29) is 11.8 Å². The van der Waals surface area contributed by atoms with Gasteiger partial charge in [-0.15, -0.1) is 0 Å². The summed E-state index contributed by atoms with van der Waals surface area (Å²) < 4.78 is 1.77. The lowest BCUT2D eigenvalue weighted by molar-refractivity contribution is -0.124. The Hall–Kier alpha value is -1.36. The van der Waals surface area contributed by atoms with Gasteiger partial charge in [-0.05, 0) is 19.0 Å². The van der Waals surface area contributed by atoms with Crippen LogP contribution in [0.2, 0.25) is 0 Å². The van der Waals surface area contributed by atoms with Gasteiger partial charge in [0.15, 0.2) is 0 Å². The van der Waals surface area contributed by atoms with E-state index in [1.807, 2.05) is 13.1 Å². The van der Waals surface area contributed by atoms with Gasteiger partial charge in [-0.3, -0.25) is 9.48 Å².